The molecule has 5 rings (SSSR count). The zero-order chi connectivity index (χ0) is 21.4. The number of oxime groups is 1. The largest absolute Gasteiger partial charge is 0.494 e. The molecule has 33 heavy (non-hydrogen) atoms. The van der Waals surface area contributed by atoms with Crippen molar-refractivity contribution in [2.24, 2.45) is 10.1 Å². The fourth-order valence-electron chi connectivity index (χ4n) is 4.08. The quantitative estimate of drug-likeness (QED) is 0.416. The van der Waals surface area contributed by atoms with Gasteiger partial charge in [0, 0.05) is 49.2 Å². The number of H-pyrrole nitrogens is 1. The third kappa shape index (κ3) is 4.99. The molecule has 7 nitrogen and oxygen atoms in total. The summed E-state index contributed by atoms with van der Waals surface area (Å²) in [6, 6.07) is 11.9. The van der Waals surface area contributed by atoms with Crippen LogP contribution in [-0.2, 0) is 4.84 Å². The van der Waals surface area contributed by atoms with Crippen molar-refractivity contribution in [3.63, 3.8) is 0 Å². The van der Waals surface area contributed by atoms with Crippen molar-refractivity contribution in [3.8, 4) is 5.88 Å². The number of piperazine rings is 1. The second kappa shape index (κ2) is 10.5. The zero-order valence-electron chi connectivity index (χ0n) is 18.1. The van der Waals surface area contributed by atoms with Crippen LogP contribution in [0.5, 0.6) is 5.88 Å². The van der Waals surface area contributed by atoms with Crippen LogP contribution in [-0.4, -0.2) is 77.7 Å². The summed E-state index contributed by atoms with van der Waals surface area (Å²) in [5, 5.41) is 15.5. The van der Waals surface area contributed by atoms with Gasteiger partial charge >= 0.3 is 0 Å². The van der Waals surface area contributed by atoms with Gasteiger partial charge in [-0.05, 0) is 31.3 Å². The van der Waals surface area contributed by atoms with E-state index in [9.17, 15) is 9.50 Å². The third-order valence-electron chi connectivity index (χ3n) is 5.84. The van der Waals surface area contributed by atoms with Crippen LogP contribution in [0.25, 0.3) is 10.9 Å². The fourth-order valence-corrected chi connectivity index (χ4v) is 4.08. The van der Waals surface area contributed by atoms with Gasteiger partial charge in [0.15, 0.2) is 5.88 Å². The van der Waals surface area contributed by atoms with Crippen molar-refractivity contribution in [1.82, 2.24) is 14.8 Å². The number of aromatic amines is 1. The second-order valence-electron chi connectivity index (χ2n) is 7.93. The molecule has 1 fully saturated rings. The lowest BCUT2D eigenvalue weighted by atomic mass is 10.0. The van der Waals surface area contributed by atoms with Gasteiger partial charge in [0.2, 0.25) is 0 Å². The van der Waals surface area contributed by atoms with Gasteiger partial charge in [-0.25, -0.2) is 9.38 Å². The Morgan fingerprint density at radius 1 is 1.12 bits per heavy atom. The number of benzene rings is 2. The topological polar surface area (TPSA) is 76.5 Å². The van der Waals surface area contributed by atoms with Gasteiger partial charge in [-0.2, -0.15) is 0 Å². The maximum atomic E-state index is 13.9. The van der Waals surface area contributed by atoms with Gasteiger partial charge in [0.1, 0.15) is 23.8 Å². The van der Waals surface area contributed by atoms with E-state index in [1.807, 2.05) is 24.3 Å². The highest BCUT2D eigenvalue weighted by Crippen LogP contribution is 2.35. The lowest BCUT2D eigenvalue weighted by Gasteiger charge is -2.31. The van der Waals surface area contributed by atoms with Crippen LogP contribution in [0.2, 0.25) is 0 Å². The van der Waals surface area contributed by atoms with E-state index < -0.39 is 0 Å². The Morgan fingerprint density at radius 2 is 1.88 bits per heavy atom. The van der Waals surface area contributed by atoms with Gasteiger partial charge in [-0.1, -0.05) is 23.4 Å². The Labute approximate surface area is 203 Å². The van der Waals surface area contributed by atoms with Gasteiger partial charge in [0.25, 0.3) is 0 Å². The second-order valence-corrected chi connectivity index (χ2v) is 7.93. The van der Waals surface area contributed by atoms with Crippen LogP contribution in [0.3, 0.4) is 0 Å². The molecule has 3 aromatic rings. The van der Waals surface area contributed by atoms with Crippen LogP contribution >= 0.6 is 24.8 Å². The van der Waals surface area contributed by atoms with Crippen LogP contribution in [0.15, 0.2) is 52.6 Å². The van der Waals surface area contributed by atoms with Gasteiger partial charge < -0.3 is 19.8 Å². The van der Waals surface area contributed by atoms with E-state index in [-0.39, 0.29) is 36.5 Å². The minimum atomic E-state index is -0.384. The lowest BCUT2D eigenvalue weighted by molar-refractivity contribution is 0.0864. The Hall–Kier alpha value is -2.65. The molecule has 0 amide bonds. The van der Waals surface area contributed by atoms with Gasteiger partial charge in [0.05, 0.1) is 11.3 Å². The number of para-hydroxylation sites is 1. The van der Waals surface area contributed by atoms with Crippen molar-refractivity contribution < 1.29 is 14.3 Å². The van der Waals surface area contributed by atoms with Crippen LogP contribution in [0.4, 0.5) is 10.1 Å². The number of hydrogen-bond donors (Lipinski definition) is 2. The van der Waals surface area contributed by atoms with Crippen molar-refractivity contribution in [1.29, 1.82) is 0 Å². The van der Waals surface area contributed by atoms with Crippen molar-refractivity contribution in [2.45, 2.75) is 0 Å². The van der Waals surface area contributed by atoms with E-state index in [1.165, 1.54) is 12.1 Å². The van der Waals surface area contributed by atoms with E-state index in [1.54, 1.807) is 6.07 Å². The highest BCUT2D eigenvalue weighted by Gasteiger charge is 2.29. The van der Waals surface area contributed by atoms with E-state index in [0.29, 0.717) is 34.5 Å². The molecule has 0 unspecified atom stereocenters. The van der Waals surface area contributed by atoms with E-state index >= 15 is 0 Å². The number of hydrogen-bond acceptors (Lipinski definition) is 6. The average Bonchev–Trinajstić information content (AvgIpc) is 3.28. The first-order valence-electron chi connectivity index (χ1n) is 10.4. The number of likely N-dealkylation sites (N-methyl/N-ethyl adjacent to an activating group) is 1. The van der Waals surface area contributed by atoms with Crippen molar-refractivity contribution in [2.75, 3.05) is 46.4 Å². The minimum absolute atomic E-state index is 0. The van der Waals surface area contributed by atoms with E-state index in [2.05, 4.69) is 32.0 Å². The number of aliphatic imine (C=N–C) groups is 1. The Balaban J connectivity index is 0.00000153. The molecule has 0 spiro atoms. The molecule has 2 N–H and O–H groups in total. The SMILES string of the molecule is CN1CCN(CCON=C2C(c3c(O)[nH]c4ccc(F)cc34)=Nc3ccccc32)CC1.Cl.Cl. The molecule has 3 heterocycles. The number of aromatic hydroxyl groups is 1. The third-order valence-corrected chi connectivity index (χ3v) is 5.84. The van der Waals surface area contributed by atoms with Crippen LogP contribution in [0, 0.1) is 5.82 Å². The molecular formula is C23H26Cl2FN5O2. The lowest BCUT2D eigenvalue weighted by Crippen LogP contribution is -2.45. The first-order chi connectivity index (χ1) is 15.1. The summed E-state index contributed by atoms with van der Waals surface area (Å²) in [4.78, 5) is 17.9. The molecule has 176 valence electrons. The number of halogens is 3. The van der Waals surface area contributed by atoms with Gasteiger partial charge in [-0.3, -0.25) is 4.90 Å². The Bertz CT molecular complexity index is 1190. The molecule has 0 aliphatic carbocycles. The van der Waals surface area contributed by atoms with E-state index in [4.69, 9.17) is 4.84 Å². The average molecular weight is 494 g/mol. The molecule has 2 aliphatic rings. The van der Waals surface area contributed by atoms with Crippen molar-refractivity contribution in [3.05, 3.63) is 59.4 Å². The standard InChI is InChI=1S/C23H24FN5O2.2ClH/c1-28-8-10-29(11-9-28)12-13-31-27-21-16-4-2-3-5-18(16)25-22(21)20-17-14-15(24)6-7-19(17)26-23(20)30;;/h2-7,14,26,30H,8-13H2,1H3;2*1H. The summed E-state index contributed by atoms with van der Waals surface area (Å²) < 4.78 is 13.9. The minimum Gasteiger partial charge on any atom is -0.494 e. The molecule has 10 heteroatoms. The highest BCUT2D eigenvalue weighted by atomic mass is 35.5. The molecule has 0 radical (unpaired) electrons. The summed E-state index contributed by atoms with van der Waals surface area (Å²) in [6.45, 7) is 5.38. The van der Waals surface area contributed by atoms with Gasteiger partial charge in [-0.15, -0.1) is 24.8 Å². The highest BCUT2D eigenvalue weighted by molar-refractivity contribution is 6.58. The molecule has 2 aromatic carbocycles. The molecule has 1 saturated heterocycles. The first kappa shape index (κ1) is 25.0. The monoisotopic (exact) mass is 493 g/mol. The van der Waals surface area contributed by atoms with Crippen LogP contribution in [0.1, 0.15) is 11.1 Å². The summed E-state index contributed by atoms with van der Waals surface area (Å²) in [7, 11) is 2.13. The number of aromatic nitrogens is 1. The Kier molecular flexibility index (Phi) is 7.97. The number of fused-ring (bicyclic) bond motifs is 2. The molecule has 0 atom stereocenters. The molecular weight excluding hydrogens is 468 g/mol. The van der Waals surface area contributed by atoms with Crippen molar-refractivity contribution >= 4 is 52.8 Å². The van der Waals surface area contributed by atoms with Crippen LogP contribution < -0.4 is 0 Å². The maximum absolute atomic E-state index is 13.9. The normalized spacial score (nSPS) is 17.4. The zero-order valence-corrected chi connectivity index (χ0v) is 19.8. The smallest absolute Gasteiger partial charge is 0.199 e. The predicted octanol–water partition coefficient (Wildman–Crippen LogP) is 3.96. The molecule has 2 aliphatic heterocycles. The number of nitrogens with one attached hydrogen (secondary N) is 1. The maximum Gasteiger partial charge on any atom is 0.199 e. The fraction of sp³-hybridized carbons (Fsp3) is 0.304. The number of rotatable bonds is 5. The molecule has 1 aromatic heterocycles. The summed E-state index contributed by atoms with van der Waals surface area (Å²) >= 11 is 0. The molecule has 0 saturated carbocycles. The Morgan fingerprint density at radius 3 is 2.67 bits per heavy atom. The molecule has 0 bridgehead atoms. The summed E-state index contributed by atoms with van der Waals surface area (Å²) in [5.74, 6) is -0.455. The summed E-state index contributed by atoms with van der Waals surface area (Å²) in [6.07, 6.45) is 0. The number of nitrogens with zero attached hydrogens (tertiary/aromatic N) is 4. The predicted molar refractivity (Wildman–Crippen MR) is 133 cm³/mol. The first-order valence-corrected chi connectivity index (χ1v) is 10.4. The van der Waals surface area contributed by atoms with E-state index in [0.717, 1.165) is 44.0 Å². The summed E-state index contributed by atoms with van der Waals surface area (Å²) in [5.41, 5.74) is 3.62.